The summed E-state index contributed by atoms with van der Waals surface area (Å²) in [4.78, 5) is 13.6. The first kappa shape index (κ1) is 11.3. The van der Waals surface area contributed by atoms with E-state index >= 15 is 0 Å². The van der Waals surface area contributed by atoms with Crippen LogP contribution in [0, 0.1) is 0 Å². The fraction of sp³-hybridized carbons (Fsp3) is 0.900. The zero-order chi connectivity index (χ0) is 10.7. The number of carbonyl (C=O) groups excluding carboxylic acids is 1. The van der Waals surface area contributed by atoms with Crippen molar-refractivity contribution in [3.05, 3.63) is 0 Å². The summed E-state index contributed by atoms with van der Waals surface area (Å²) in [5, 5.41) is 6.31. The van der Waals surface area contributed by atoms with Crippen LogP contribution in [0.5, 0.6) is 0 Å². The van der Waals surface area contributed by atoms with E-state index in [4.69, 9.17) is 0 Å². The average Bonchev–Trinajstić information content (AvgIpc) is 2.00. The molecule has 4 nitrogen and oxygen atoms in total. The lowest BCUT2D eigenvalue weighted by atomic mass is 10.1. The molecule has 0 bridgehead atoms. The highest BCUT2D eigenvalue weighted by atomic mass is 16.2. The molecule has 2 amide bonds. The quantitative estimate of drug-likeness (QED) is 0.655. The van der Waals surface area contributed by atoms with Gasteiger partial charge in [0.2, 0.25) is 0 Å². The molecular formula is C10H21N3O. The molecule has 0 aliphatic carbocycles. The molecule has 2 atom stereocenters. The van der Waals surface area contributed by atoms with Crippen molar-refractivity contribution in [3.8, 4) is 0 Å². The average molecular weight is 199 g/mol. The number of urea groups is 1. The van der Waals surface area contributed by atoms with Crippen LogP contribution in [0.2, 0.25) is 0 Å². The molecule has 2 unspecified atom stereocenters. The molecule has 4 heteroatoms. The lowest BCUT2D eigenvalue weighted by Gasteiger charge is -2.36. The molecule has 14 heavy (non-hydrogen) atoms. The van der Waals surface area contributed by atoms with Crippen LogP contribution in [-0.2, 0) is 0 Å². The van der Waals surface area contributed by atoms with Crippen molar-refractivity contribution in [2.45, 2.75) is 45.8 Å². The van der Waals surface area contributed by atoms with Gasteiger partial charge in [-0.1, -0.05) is 0 Å². The Labute approximate surface area is 86.0 Å². The van der Waals surface area contributed by atoms with Gasteiger partial charge in [-0.05, 0) is 27.7 Å². The van der Waals surface area contributed by atoms with E-state index in [1.165, 1.54) is 0 Å². The molecule has 82 valence electrons. The molecule has 1 aliphatic heterocycles. The Balaban J connectivity index is 2.46. The molecule has 0 radical (unpaired) electrons. The fourth-order valence-corrected chi connectivity index (χ4v) is 1.83. The van der Waals surface area contributed by atoms with Crippen LogP contribution >= 0.6 is 0 Å². The van der Waals surface area contributed by atoms with Gasteiger partial charge in [0.25, 0.3) is 0 Å². The van der Waals surface area contributed by atoms with Gasteiger partial charge in [-0.25, -0.2) is 4.79 Å². The zero-order valence-corrected chi connectivity index (χ0v) is 9.50. The Morgan fingerprint density at radius 3 is 2.29 bits per heavy atom. The molecule has 0 aromatic heterocycles. The van der Waals surface area contributed by atoms with E-state index in [0.717, 1.165) is 13.1 Å². The third kappa shape index (κ3) is 3.18. The van der Waals surface area contributed by atoms with Gasteiger partial charge in [0.1, 0.15) is 0 Å². The number of carbonyl (C=O) groups is 1. The molecule has 1 aliphatic rings. The standard InChI is InChI=1S/C10H21N3O/c1-7(2)11-10(14)13-5-8(3)12-9(4)6-13/h7-9,12H,5-6H2,1-4H3,(H,11,14). The van der Waals surface area contributed by atoms with Crippen LogP contribution in [0.1, 0.15) is 27.7 Å². The predicted octanol–water partition coefficient (Wildman–Crippen LogP) is 0.787. The Morgan fingerprint density at radius 2 is 1.86 bits per heavy atom. The number of piperazine rings is 1. The zero-order valence-electron chi connectivity index (χ0n) is 9.50. The molecular weight excluding hydrogens is 178 g/mol. The van der Waals surface area contributed by atoms with Crippen molar-refractivity contribution in [2.75, 3.05) is 13.1 Å². The van der Waals surface area contributed by atoms with Crippen LogP contribution < -0.4 is 10.6 Å². The Hall–Kier alpha value is -0.770. The van der Waals surface area contributed by atoms with E-state index in [9.17, 15) is 4.79 Å². The summed E-state index contributed by atoms with van der Waals surface area (Å²) in [6.45, 7) is 9.75. The van der Waals surface area contributed by atoms with Crippen molar-refractivity contribution >= 4 is 6.03 Å². The molecule has 1 fully saturated rings. The molecule has 0 aromatic rings. The van der Waals surface area contributed by atoms with Gasteiger partial charge in [0.05, 0.1) is 0 Å². The fourth-order valence-electron chi connectivity index (χ4n) is 1.83. The molecule has 2 N–H and O–H groups in total. The van der Waals surface area contributed by atoms with E-state index in [-0.39, 0.29) is 12.1 Å². The summed E-state index contributed by atoms with van der Waals surface area (Å²) < 4.78 is 0. The summed E-state index contributed by atoms with van der Waals surface area (Å²) in [5.74, 6) is 0. The van der Waals surface area contributed by atoms with Gasteiger partial charge in [0.15, 0.2) is 0 Å². The van der Waals surface area contributed by atoms with Crippen LogP contribution in [0.4, 0.5) is 4.79 Å². The number of nitrogens with one attached hydrogen (secondary N) is 2. The first-order chi connectivity index (χ1) is 6.49. The highest BCUT2D eigenvalue weighted by Crippen LogP contribution is 2.04. The van der Waals surface area contributed by atoms with Gasteiger partial charge in [-0.15, -0.1) is 0 Å². The Morgan fingerprint density at radius 1 is 1.36 bits per heavy atom. The summed E-state index contributed by atoms with van der Waals surface area (Å²) in [6.07, 6.45) is 0. The van der Waals surface area contributed by atoms with Crippen molar-refractivity contribution in [1.29, 1.82) is 0 Å². The first-order valence-electron chi connectivity index (χ1n) is 5.30. The molecule has 0 aromatic carbocycles. The van der Waals surface area contributed by atoms with Crippen molar-refractivity contribution < 1.29 is 4.79 Å². The smallest absolute Gasteiger partial charge is 0.317 e. The second kappa shape index (κ2) is 4.64. The van der Waals surface area contributed by atoms with Gasteiger partial charge >= 0.3 is 6.03 Å². The third-order valence-electron chi connectivity index (χ3n) is 2.26. The minimum absolute atomic E-state index is 0.0557. The highest BCUT2D eigenvalue weighted by molar-refractivity contribution is 5.74. The van der Waals surface area contributed by atoms with Gasteiger partial charge in [-0.3, -0.25) is 0 Å². The normalized spacial score (nSPS) is 27.9. The van der Waals surface area contributed by atoms with Crippen molar-refractivity contribution in [1.82, 2.24) is 15.5 Å². The third-order valence-corrected chi connectivity index (χ3v) is 2.26. The van der Waals surface area contributed by atoms with Gasteiger partial charge < -0.3 is 15.5 Å². The maximum atomic E-state index is 11.7. The van der Waals surface area contributed by atoms with Gasteiger partial charge in [0, 0.05) is 31.2 Å². The first-order valence-corrected chi connectivity index (χ1v) is 5.30. The number of rotatable bonds is 1. The van der Waals surface area contributed by atoms with Crippen LogP contribution in [0.25, 0.3) is 0 Å². The molecule has 1 saturated heterocycles. The van der Waals surface area contributed by atoms with Crippen LogP contribution in [0.3, 0.4) is 0 Å². The van der Waals surface area contributed by atoms with E-state index in [1.807, 2.05) is 18.7 Å². The number of amides is 2. The summed E-state index contributed by atoms with van der Waals surface area (Å²) in [5.41, 5.74) is 0. The lowest BCUT2D eigenvalue weighted by Crippen LogP contribution is -2.58. The predicted molar refractivity (Wildman–Crippen MR) is 57.3 cm³/mol. The van der Waals surface area contributed by atoms with Crippen LogP contribution in [0.15, 0.2) is 0 Å². The maximum absolute atomic E-state index is 11.7. The SMILES string of the molecule is CC(C)NC(=O)N1CC(C)NC(C)C1. The maximum Gasteiger partial charge on any atom is 0.317 e. The van der Waals surface area contributed by atoms with Crippen molar-refractivity contribution in [2.24, 2.45) is 0 Å². The summed E-state index contributed by atoms with van der Waals surface area (Å²) in [7, 11) is 0. The molecule has 0 spiro atoms. The number of nitrogens with zero attached hydrogens (tertiary/aromatic N) is 1. The summed E-state index contributed by atoms with van der Waals surface area (Å²) >= 11 is 0. The molecule has 1 rings (SSSR count). The van der Waals surface area contributed by atoms with Gasteiger partial charge in [-0.2, -0.15) is 0 Å². The largest absolute Gasteiger partial charge is 0.336 e. The van der Waals surface area contributed by atoms with Crippen LogP contribution in [-0.4, -0.2) is 42.1 Å². The molecule has 0 saturated carbocycles. The second-order valence-corrected chi connectivity index (χ2v) is 4.48. The second-order valence-electron chi connectivity index (χ2n) is 4.48. The van der Waals surface area contributed by atoms with E-state index < -0.39 is 0 Å². The molecule has 1 heterocycles. The Kier molecular flexibility index (Phi) is 3.75. The number of hydrogen-bond donors (Lipinski definition) is 2. The number of hydrogen-bond acceptors (Lipinski definition) is 2. The summed E-state index contributed by atoms with van der Waals surface area (Å²) in [6, 6.07) is 1.04. The Bertz CT molecular complexity index is 196. The van der Waals surface area contributed by atoms with Crippen molar-refractivity contribution in [3.63, 3.8) is 0 Å². The highest BCUT2D eigenvalue weighted by Gasteiger charge is 2.24. The lowest BCUT2D eigenvalue weighted by molar-refractivity contribution is 0.163. The minimum atomic E-state index is 0.0557. The minimum Gasteiger partial charge on any atom is -0.336 e. The topological polar surface area (TPSA) is 44.4 Å². The monoisotopic (exact) mass is 199 g/mol. The van der Waals surface area contributed by atoms with E-state index in [0.29, 0.717) is 12.1 Å². The van der Waals surface area contributed by atoms with E-state index in [1.54, 1.807) is 0 Å². The van der Waals surface area contributed by atoms with E-state index in [2.05, 4.69) is 24.5 Å².